The molecule has 0 saturated carbocycles. The molecule has 0 aliphatic rings. The number of rotatable bonds is 5. The number of fused-ring (bicyclic) bond motifs is 1. The molecule has 0 bridgehead atoms. The third-order valence-corrected chi connectivity index (χ3v) is 4.08. The lowest BCUT2D eigenvalue weighted by atomic mass is 10.1. The molecule has 0 amide bonds. The van der Waals surface area contributed by atoms with E-state index in [1.54, 1.807) is 47.5 Å². The van der Waals surface area contributed by atoms with Crippen LogP contribution in [-0.4, -0.2) is 30.8 Å². The zero-order valence-corrected chi connectivity index (χ0v) is 13.7. The fourth-order valence-electron chi connectivity index (χ4n) is 2.79. The molecule has 0 aliphatic heterocycles. The normalized spacial score (nSPS) is 11.1. The Kier molecular flexibility index (Phi) is 3.85. The van der Waals surface area contributed by atoms with Crippen molar-refractivity contribution in [2.75, 3.05) is 5.73 Å². The molecule has 0 radical (unpaired) electrons. The number of nitrogens with zero attached hydrogens (tertiary/aromatic N) is 4. The fraction of sp³-hybridized carbons (Fsp3) is 0.111. The highest BCUT2D eigenvalue weighted by atomic mass is 16.4. The van der Waals surface area contributed by atoms with E-state index in [1.165, 1.54) is 0 Å². The summed E-state index contributed by atoms with van der Waals surface area (Å²) in [5.41, 5.74) is 8.36. The van der Waals surface area contributed by atoms with Crippen molar-refractivity contribution in [1.29, 1.82) is 0 Å². The number of hydrogen-bond donors (Lipinski definition) is 2. The second-order valence-corrected chi connectivity index (χ2v) is 5.76. The van der Waals surface area contributed by atoms with Crippen molar-refractivity contribution < 1.29 is 14.3 Å². The maximum absolute atomic E-state index is 10.9. The van der Waals surface area contributed by atoms with E-state index in [2.05, 4.69) is 15.1 Å². The lowest BCUT2D eigenvalue weighted by molar-refractivity contribution is 0.0697. The van der Waals surface area contributed by atoms with Gasteiger partial charge < -0.3 is 15.3 Å². The van der Waals surface area contributed by atoms with Crippen molar-refractivity contribution in [3.8, 4) is 11.5 Å². The molecular formula is C18H15N5O3. The second-order valence-electron chi connectivity index (χ2n) is 5.76. The van der Waals surface area contributed by atoms with Crippen LogP contribution in [0.25, 0.3) is 22.5 Å². The highest BCUT2D eigenvalue weighted by molar-refractivity contribution is 5.89. The zero-order chi connectivity index (χ0) is 18.1. The maximum Gasteiger partial charge on any atom is 0.335 e. The first-order valence-corrected chi connectivity index (χ1v) is 7.97. The first-order chi connectivity index (χ1) is 12.6. The van der Waals surface area contributed by atoms with Crippen molar-refractivity contribution in [1.82, 2.24) is 19.7 Å². The number of furan rings is 1. The highest BCUT2D eigenvalue weighted by Crippen LogP contribution is 2.27. The Morgan fingerprint density at radius 1 is 1.19 bits per heavy atom. The molecule has 0 spiro atoms. The summed E-state index contributed by atoms with van der Waals surface area (Å²) < 4.78 is 7.18. The number of aryl methyl sites for hydroxylation is 2. The number of anilines is 1. The van der Waals surface area contributed by atoms with Gasteiger partial charge in [0.1, 0.15) is 5.69 Å². The van der Waals surface area contributed by atoms with Gasteiger partial charge in [0.25, 0.3) is 0 Å². The molecule has 130 valence electrons. The number of carboxylic acids is 1. The van der Waals surface area contributed by atoms with Crippen LogP contribution in [0.5, 0.6) is 0 Å². The number of carboxylic acid groups (broad SMARTS) is 1. The smallest absolute Gasteiger partial charge is 0.335 e. The second kappa shape index (κ2) is 6.32. The van der Waals surface area contributed by atoms with E-state index in [-0.39, 0.29) is 11.5 Å². The molecule has 0 unspecified atom stereocenters. The van der Waals surface area contributed by atoms with Gasteiger partial charge in [0.05, 0.1) is 23.4 Å². The Morgan fingerprint density at radius 2 is 2.00 bits per heavy atom. The van der Waals surface area contributed by atoms with E-state index in [1.807, 2.05) is 6.07 Å². The minimum atomic E-state index is -0.938. The van der Waals surface area contributed by atoms with Crippen molar-refractivity contribution in [2.45, 2.75) is 13.0 Å². The number of hydrogen-bond acceptors (Lipinski definition) is 6. The number of carbonyl (C=O) groups is 1. The topological polar surface area (TPSA) is 120 Å². The summed E-state index contributed by atoms with van der Waals surface area (Å²) in [7, 11) is 0. The molecule has 0 atom stereocenters. The quantitative estimate of drug-likeness (QED) is 0.568. The van der Waals surface area contributed by atoms with E-state index in [0.29, 0.717) is 30.1 Å². The van der Waals surface area contributed by atoms with Gasteiger partial charge in [0, 0.05) is 6.54 Å². The molecule has 8 nitrogen and oxygen atoms in total. The van der Waals surface area contributed by atoms with Gasteiger partial charge in [0.15, 0.2) is 11.4 Å². The standard InChI is InChI=1S/C18H15N5O3/c19-18-21-15(14-2-1-9-26-14)13-10-20-23(16(13)22-18)8-7-11-3-5-12(6-4-11)17(24)25/h1-6,9-10H,7-8H2,(H,24,25)(H2,19,21,22). The number of nitrogen functional groups attached to an aromatic ring is 1. The Bertz CT molecular complexity index is 1070. The van der Waals surface area contributed by atoms with Crippen LogP contribution in [0.1, 0.15) is 15.9 Å². The minimum absolute atomic E-state index is 0.150. The lowest BCUT2D eigenvalue weighted by Crippen LogP contribution is -2.06. The monoisotopic (exact) mass is 349 g/mol. The van der Waals surface area contributed by atoms with Crippen molar-refractivity contribution in [2.24, 2.45) is 0 Å². The van der Waals surface area contributed by atoms with Gasteiger partial charge >= 0.3 is 5.97 Å². The Morgan fingerprint density at radius 3 is 2.69 bits per heavy atom. The van der Waals surface area contributed by atoms with Gasteiger partial charge in [-0.1, -0.05) is 12.1 Å². The van der Waals surface area contributed by atoms with Crippen LogP contribution in [0.4, 0.5) is 5.95 Å². The predicted molar refractivity (Wildman–Crippen MR) is 94.5 cm³/mol. The Balaban J connectivity index is 1.62. The molecule has 3 heterocycles. The maximum atomic E-state index is 10.9. The van der Waals surface area contributed by atoms with Crippen LogP contribution < -0.4 is 5.73 Å². The van der Waals surface area contributed by atoms with Crippen LogP contribution in [0.3, 0.4) is 0 Å². The van der Waals surface area contributed by atoms with Gasteiger partial charge in [-0.25, -0.2) is 14.5 Å². The number of aromatic nitrogens is 4. The van der Waals surface area contributed by atoms with Gasteiger partial charge in [-0.2, -0.15) is 10.1 Å². The molecule has 0 fully saturated rings. The summed E-state index contributed by atoms with van der Waals surface area (Å²) in [6.07, 6.45) is 3.95. The van der Waals surface area contributed by atoms with Crippen molar-refractivity contribution in [3.05, 3.63) is 60.0 Å². The number of nitrogens with two attached hydrogens (primary N) is 1. The summed E-state index contributed by atoms with van der Waals surface area (Å²) >= 11 is 0. The molecule has 8 heteroatoms. The Hall–Kier alpha value is -3.68. The van der Waals surface area contributed by atoms with Crippen LogP contribution >= 0.6 is 0 Å². The molecule has 0 aliphatic carbocycles. The molecule has 3 N–H and O–H groups in total. The summed E-state index contributed by atoms with van der Waals surface area (Å²) in [6, 6.07) is 10.4. The van der Waals surface area contributed by atoms with E-state index < -0.39 is 5.97 Å². The van der Waals surface area contributed by atoms with Crippen LogP contribution in [0.15, 0.2) is 53.3 Å². The predicted octanol–water partition coefficient (Wildman–Crippen LogP) is 2.61. The molecule has 4 aromatic rings. The molecule has 1 aromatic carbocycles. The minimum Gasteiger partial charge on any atom is -0.478 e. The Labute approximate surface area is 147 Å². The highest BCUT2D eigenvalue weighted by Gasteiger charge is 2.15. The first kappa shape index (κ1) is 15.8. The zero-order valence-electron chi connectivity index (χ0n) is 13.7. The number of aromatic carboxylic acids is 1. The molecule has 26 heavy (non-hydrogen) atoms. The van der Waals surface area contributed by atoms with Crippen LogP contribution in [-0.2, 0) is 13.0 Å². The molecule has 0 saturated heterocycles. The third-order valence-electron chi connectivity index (χ3n) is 4.08. The molecule has 4 rings (SSSR count). The lowest BCUT2D eigenvalue weighted by Gasteiger charge is -2.05. The summed E-state index contributed by atoms with van der Waals surface area (Å²) in [5.74, 6) is -0.184. The van der Waals surface area contributed by atoms with Crippen molar-refractivity contribution >= 4 is 23.0 Å². The van der Waals surface area contributed by atoms with Gasteiger partial charge in [-0.15, -0.1) is 0 Å². The summed E-state index contributed by atoms with van der Waals surface area (Å²) in [5, 5.41) is 14.1. The fourth-order valence-corrected chi connectivity index (χ4v) is 2.79. The van der Waals surface area contributed by atoms with Crippen LogP contribution in [0.2, 0.25) is 0 Å². The van der Waals surface area contributed by atoms with Crippen molar-refractivity contribution in [3.63, 3.8) is 0 Å². The first-order valence-electron chi connectivity index (χ1n) is 7.97. The SMILES string of the molecule is Nc1nc(-c2ccco2)c2cnn(CCc3ccc(C(=O)O)cc3)c2n1. The molecular weight excluding hydrogens is 334 g/mol. The van der Waals surface area contributed by atoms with E-state index in [4.69, 9.17) is 15.3 Å². The van der Waals surface area contributed by atoms with E-state index >= 15 is 0 Å². The average Bonchev–Trinajstić information content (AvgIpc) is 3.30. The third kappa shape index (κ3) is 2.88. The van der Waals surface area contributed by atoms with E-state index in [0.717, 1.165) is 10.9 Å². The average molecular weight is 349 g/mol. The number of benzene rings is 1. The van der Waals surface area contributed by atoms with Gasteiger partial charge in [0.2, 0.25) is 5.95 Å². The van der Waals surface area contributed by atoms with Gasteiger partial charge in [-0.3, -0.25) is 0 Å². The largest absolute Gasteiger partial charge is 0.478 e. The summed E-state index contributed by atoms with van der Waals surface area (Å²) in [6.45, 7) is 0.573. The van der Waals surface area contributed by atoms with Gasteiger partial charge in [-0.05, 0) is 36.2 Å². The van der Waals surface area contributed by atoms with Crippen LogP contribution in [0, 0.1) is 0 Å². The molecule has 3 aromatic heterocycles. The van der Waals surface area contributed by atoms with E-state index in [9.17, 15) is 4.79 Å². The summed E-state index contributed by atoms with van der Waals surface area (Å²) in [4.78, 5) is 19.5.